The van der Waals surface area contributed by atoms with Crippen molar-refractivity contribution in [3.05, 3.63) is 36.9 Å². The average Bonchev–Trinajstić information content (AvgIpc) is 2.37. The predicted molar refractivity (Wildman–Crippen MR) is 74.4 cm³/mol. The third-order valence-electron chi connectivity index (χ3n) is 1.98. The van der Waals surface area contributed by atoms with Gasteiger partial charge in [-0.05, 0) is 12.1 Å². The smallest absolute Gasteiger partial charge is 0.329 e. The van der Waals surface area contributed by atoms with Gasteiger partial charge in [0, 0.05) is 10.6 Å². The molecule has 0 atom stereocenters. The molecule has 0 bridgehead atoms. The Morgan fingerprint density at radius 2 is 2.11 bits per heavy atom. The van der Waals surface area contributed by atoms with Gasteiger partial charge in [0.25, 0.3) is 0 Å². The quantitative estimate of drug-likeness (QED) is 0.563. The van der Waals surface area contributed by atoms with Gasteiger partial charge in [-0.3, -0.25) is 4.79 Å². The number of carbonyl (C=O) groups excluding carboxylic acids is 1. The molecule has 0 radical (unpaired) electrons. The fourth-order valence-electron chi connectivity index (χ4n) is 1.26. The number of ether oxygens (including phenoxy) is 1. The summed E-state index contributed by atoms with van der Waals surface area (Å²) < 4.78 is 4.72. The first kappa shape index (κ1) is 15.3. The molecule has 0 aromatic heterocycles. The van der Waals surface area contributed by atoms with Crippen molar-refractivity contribution < 1.29 is 19.4 Å². The molecular weight excluding hydrogens is 266 g/mol. The number of hydrogen-bond donors (Lipinski definition) is 2. The predicted octanol–water partition coefficient (Wildman–Crippen LogP) is 2.00. The van der Waals surface area contributed by atoms with Gasteiger partial charge >= 0.3 is 5.97 Å². The summed E-state index contributed by atoms with van der Waals surface area (Å²) in [5, 5.41) is 11.1. The Kier molecular flexibility index (Phi) is 6.70. The summed E-state index contributed by atoms with van der Waals surface area (Å²) in [5.74, 6) is -0.745. The van der Waals surface area contributed by atoms with Gasteiger partial charge in [0.1, 0.15) is 13.2 Å². The second-order valence-electron chi connectivity index (χ2n) is 3.53. The highest BCUT2D eigenvalue weighted by Gasteiger charge is 2.07. The first-order valence-corrected chi connectivity index (χ1v) is 6.54. The van der Waals surface area contributed by atoms with E-state index in [4.69, 9.17) is 9.84 Å². The standard InChI is InChI=1S/C13H15NO4S/c1-2-7-19-11-6-4-3-5-10(11)14-12(15)8-18-9-13(16)17/h2-6H,1,7-9H2,(H,14,15)(H,16,17). The van der Waals surface area contributed by atoms with Crippen molar-refractivity contribution in [3.8, 4) is 0 Å². The molecule has 0 saturated heterocycles. The van der Waals surface area contributed by atoms with E-state index in [2.05, 4.69) is 11.9 Å². The summed E-state index contributed by atoms with van der Waals surface area (Å²) in [5.41, 5.74) is 0.679. The molecule has 0 spiro atoms. The summed E-state index contributed by atoms with van der Waals surface area (Å²) in [6, 6.07) is 7.36. The molecule has 19 heavy (non-hydrogen) atoms. The topological polar surface area (TPSA) is 75.6 Å². The third-order valence-corrected chi connectivity index (χ3v) is 3.05. The number of hydrogen-bond acceptors (Lipinski definition) is 4. The largest absolute Gasteiger partial charge is 0.480 e. The van der Waals surface area contributed by atoms with Gasteiger partial charge in [-0.1, -0.05) is 18.2 Å². The number of para-hydroxylation sites is 1. The fraction of sp³-hybridized carbons (Fsp3) is 0.231. The zero-order valence-electron chi connectivity index (χ0n) is 10.3. The van der Waals surface area contributed by atoms with Gasteiger partial charge in [0.05, 0.1) is 5.69 Å². The molecule has 102 valence electrons. The molecular formula is C13H15NO4S. The molecule has 5 nitrogen and oxygen atoms in total. The van der Waals surface area contributed by atoms with E-state index in [-0.39, 0.29) is 12.5 Å². The van der Waals surface area contributed by atoms with E-state index < -0.39 is 12.6 Å². The number of carboxylic acid groups (broad SMARTS) is 1. The maximum Gasteiger partial charge on any atom is 0.329 e. The number of carbonyl (C=O) groups is 2. The second-order valence-corrected chi connectivity index (χ2v) is 4.59. The Bertz CT molecular complexity index is 462. The molecule has 2 N–H and O–H groups in total. The Morgan fingerprint density at radius 3 is 2.79 bits per heavy atom. The van der Waals surface area contributed by atoms with Crippen LogP contribution in [0.15, 0.2) is 41.8 Å². The Hall–Kier alpha value is -1.79. The number of amides is 1. The summed E-state index contributed by atoms with van der Waals surface area (Å²) in [7, 11) is 0. The summed E-state index contributed by atoms with van der Waals surface area (Å²) in [4.78, 5) is 22.7. The van der Waals surface area contributed by atoms with Crippen LogP contribution in [-0.2, 0) is 14.3 Å². The van der Waals surface area contributed by atoms with E-state index in [1.54, 1.807) is 23.9 Å². The van der Waals surface area contributed by atoms with Crippen molar-refractivity contribution in [2.24, 2.45) is 0 Å². The van der Waals surface area contributed by atoms with E-state index in [1.807, 2.05) is 18.2 Å². The van der Waals surface area contributed by atoms with Crippen molar-refractivity contribution in [2.45, 2.75) is 4.90 Å². The number of rotatable bonds is 8. The summed E-state index contributed by atoms with van der Waals surface area (Å²) in [6.45, 7) is 2.87. The lowest BCUT2D eigenvalue weighted by Crippen LogP contribution is -2.21. The Morgan fingerprint density at radius 1 is 1.37 bits per heavy atom. The second kappa shape index (κ2) is 8.34. The molecule has 0 unspecified atom stereocenters. The third kappa shape index (κ3) is 6.08. The molecule has 6 heteroatoms. The van der Waals surface area contributed by atoms with Gasteiger partial charge in [0.2, 0.25) is 5.91 Å². The van der Waals surface area contributed by atoms with Crippen LogP contribution in [0.2, 0.25) is 0 Å². The molecule has 0 fully saturated rings. The van der Waals surface area contributed by atoms with Crippen molar-refractivity contribution in [2.75, 3.05) is 24.3 Å². The molecule has 0 heterocycles. The highest BCUT2D eigenvalue weighted by atomic mass is 32.2. The van der Waals surface area contributed by atoms with E-state index in [0.717, 1.165) is 10.6 Å². The fourth-order valence-corrected chi connectivity index (χ4v) is 2.01. The van der Waals surface area contributed by atoms with Gasteiger partial charge in [-0.25, -0.2) is 4.79 Å². The average molecular weight is 281 g/mol. The van der Waals surface area contributed by atoms with Crippen molar-refractivity contribution in [1.29, 1.82) is 0 Å². The van der Waals surface area contributed by atoms with Crippen LogP contribution in [0.1, 0.15) is 0 Å². The minimum atomic E-state index is -1.10. The van der Waals surface area contributed by atoms with Crippen LogP contribution in [0.25, 0.3) is 0 Å². The number of carboxylic acids is 1. The van der Waals surface area contributed by atoms with Crippen LogP contribution >= 0.6 is 11.8 Å². The number of aliphatic carboxylic acids is 1. The summed E-state index contributed by atoms with van der Waals surface area (Å²) >= 11 is 1.55. The Balaban J connectivity index is 2.53. The van der Waals surface area contributed by atoms with Gasteiger partial charge in [-0.2, -0.15) is 0 Å². The molecule has 1 aromatic carbocycles. The highest BCUT2D eigenvalue weighted by molar-refractivity contribution is 7.99. The number of thioether (sulfide) groups is 1. The normalized spacial score (nSPS) is 9.89. The maximum absolute atomic E-state index is 11.6. The molecule has 1 amide bonds. The molecule has 0 aliphatic rings. The van der Waals surface area contributed by atoms with Gasteiger partial charge in [0.15, 0.2) is 0 Å². The van der Waals surface area contributed by atoms with Crippen molar-refractivity contribution >= 4 is 29.3 Å². The summed E-state index contributed by atoms with van der Waals surface area (Å²) in [6.07, 6.45) is 1.78. The zero-order chi connectivity index (χ0) is 14.1. The minimum Gasteiger partial charge on any atom is -0.480 e. The van der Waals surface area contributed by atoms with E-state index in [1.165, 1.54) is 0 Å². The van der Waals surface area contributed by atoms with E-state index in [9.17, 15) is 9.59 Å². The van der Waals surface area contributed by atoms with Gasteiger partial charge in [-0.15, -0.1) is 18.3 Å². The van der Waals surface area contributed by atoms with Crippen LogP contribution in [-0.4, -0.2) is 35.9 Å². The van der Waals surface area contributed by atoms with Crippen LogP contribution in [0.5, 0.6) is 0 Å². The lowest BCUT2D eigenvalue weighted by atomic mass is 10.3. The molecule has 0 aliphatic carbocycles. The van der Waals surface area contributed by atoms with Crippen LogP contribution < -0.4 is 5.32 Å². The van der Waals surface area contributed by atoms with E-state index >= 15 is 0 Å². The first-order valence-electron chi connectivity index (χ1n) is 5.55. The molecule has 0 aliphatic heterocycles. The number of benzene rings is 1. The van der Waals surface area contributed by atoms with Crippen LogP contribution in [0, 0.1) is 0 Å². The lowest BCUT2D eigenvalue weighted by molar-refractivity contribution is -0.143. The monoisotopic (exact) mass is 281 g/mol. The van der Waals surface area contributed by atoms with E-state index in [0.29, 0.717) is 5.69 Å². The Labute approximate surface area is 115 Å². The van der Waals surface area contributed by atoms with Crippen LogP contribution in [0.3, 0.4) is 0 Å². The molecule has 0 saturated carbocycles. The van der Waals surface area contributed by atoms with Crippen molar-refractivity contribution in [1.82, 2.24) is 0 Å². The number of anilines is 1. The molecule has 1 aromatic rings. The van der Waals surface area contributed by atoms with Crippen molar-refractivity contribution in [3.63, 3.8) is 0 Å². The highest BCUT2D eigenvalue weighted by Crippen LogP contribution is 2.26. The maximum atomic E-state index is 11.6. The number of nitrogens with one attached hydrogen (secondary N) is 1. The lowest BCUT2D eigenvalue weighted by Gasteiger charge is -2.09. The SMILES string of the molecule is C=CCSc1ccccc1NC(=O)COCC(=O)O. The van der Waals surface area contributed by atoms with Crippen LogP contribution in [0.4, 0.5) is 5.69 Å². The zero-order valence-corrected chi connectivity index (χ0v) is 11.1. The minimum absolute atomic E-state index is 0.285. The molecule has 1 rings (SSSR count). The van der Waals surface area contributed by atoms with Gasteiger partial charge < -0.3 is 15.2 Å². The first-order chi connectivity index (χ1) is 9.13.